The lowest BCUT2D eigenvalue weighted by Gasteiger charge is -2.12. The lowest BCUT2D eigenvalue weighted by atomic mass is 10.1. The highest BCUT2D eigenvalue weighted by atomic mass is 16.6. The number of amides is 2. The van der Waals surface area contributed by atoms with Crippen LogP contribution >= 0.6 is 0 Å². The van der Waals surface area contributed by atoms with Crippen molar-refractivity contribution in [2.24, 2.45) is 0 Å². The fourth-order valence-electron chi connectivity index (χ4n) is 2.28. The summed E-state index contributed by atoms with van der Waals surface area (Å²) < 4.78 is 0. The largest absolute Gasteiger partial charge is 0.343 e. The van der Waals surface area contributed by atoms with Gasteiger partial charge in [-0.1, -0.05) is 30.3 Å². The minimum atomic E-state index is -0.668. The van der Waals surface area contributed by atoms with Gasteiger partial charge in [0, 0.05) is 11.8 Å². The third kappa shape index (κ3) is 3.95. The molecule has 2 rings (SSSR count). The van der Waals surface area contributed by atoms with Crippen LogP contribution in [0.25, 0.3) is 0 Å². The highest BCUT2D eigenvalue weighted by molar-refractivity contribution is 6.01. The van der Waals surface area contributed by atoms with Gasteiger partial charge in [0.25, 0.3) is 11.6 Å². The van der Waals surface area contributed by atoms with E-state index in [2.05, 4.69) is 10.6 Å². The van der Waals surface area contributed by atoms with E-state index < -0.39 is 16.7 Å². The zero-order valence-corrected chi connectivity index (χ0v) is 13.3. The van der Waals surface area contributed by atoms with E-state index in [0.717, 1.165) is 11.1 Å². The highest BCUT2D eigenvalue weighted by Gasteiger charge is 2.19. The molecule has 0 aliphatic heterocycles. The summed E-state index contributed by atoms with van der Waals surface area (Å²) in [4.78, 5) is 34.4. The van der Waals surface area contributed by atoms with Gasteiger partial charge in [0.1, 0.15) is 5.56 Å². The van der Waals surface area contributed by atoms with Crippen LogP contribution in [0.3, 0.4) is 0 Å². The molecule has 0 radical (unpaired) electrons. The van der Waals surface area contributed by atoms with Gasteiger partial charge in [0.05, 0.1) is 11.5 Å². The Bertz CT molecular complexity index is 782. The van der Waals surface area contributed by atoms with Crippen molar-refractivity contribution in [1.29, 1.82) is 0 Å². The average Bonchev–Trinajstić information content (AvgIpc) is 2.56. The molecule has 24 heavy (non-hydrogen) atoms. The minimum absolute atomic E-state index is 0.0811. The zero-order valence-electron chi connectivity index (χ0n) is 13.3. The van der Waals surface area contributed by atoms with Crippen molar-refractivity contribution in [3.05, 3.63) is 69.3 Å². The lowest BCUT2D eigenvalue weighted by molar-refractivity contribution is -0.385. The molecule has 0 unspecified atom stereocenters. The van der Waals surface area contributed by atoms with Gasteiger partial charge < -0.3 is 10.6 Å². The van der Waals surface area contributed by atoms with Crippen molar-refractivity contribution in [2.75, 3.05) is 11.9 Å². The molecule has 2 amide bonds. The maximum absolute atomic E-state index is 12.1. The second-order valence-electron chi connectivity index (χ2n) is 5.27. The normalized spacial score (nSPS) is 10.1. The van der Waals surface area contributed by atoms with E-state index >= 15 is 0 Å². The molecule has 0 heterocycles. The van der Waals surface area contributed by atoms with Crippen LogP contribution in [0.1, 0.15) is 21.5 Å². The van der Waals surface area contributed by atoms with E-state index in [-0.39, 0.29) is 17.8 Å². The summed E-state index contributed by atoms with van der Waals surface area (Å²) in [6.07, 6.45) is 0. The number of nitrogens with zero attached hydrogens (tertiary/aromatic N) is 1. The van der Waals surface area contributed by atoms with E-state index in [0.29, 0.717) is 5.69 Å². The molecular weight excluding hydrogens is 310 g/mol. The van der Waals surface area contributed by atoms with E-state index in [9.17, 15) is 19.7 Å². The summed E-state index contributed by atoms with van der Waals surface area (Å²) in [6.45, 7) is 3.46. The average molecular weight is 327 g/mol. The summed E-state index contributed by atoms with van der Waals surface area (Å²) in [5, 5.41) is 16.1. The van der Waals surface area contributed by atoms with Crippen LogP contribution in [-0.2, 0) is 4.79 Å². The number of carbonyl (C=O) groups excluding carboxylic acids is 2. The molecule has 0 bridgehead atoms. The second kappa shape index (κ2) is 7.36. The summed E-state index contributed by atoms with van der Waals surface area (Å²) in [5.74, 6) is -1.07. The molecule has 0 aliphatic rings. The van der Waals surface area contributed by atoms with E-state index in [4.69, 9.17) is 0 Å². The number of nitrogens with one attached hydrogen (secondary N) is 2. The summed E-state index contributed by atoms with van der Waals surface area (Å²) in [6, 6.07) is 11.2. The van der Waals surface area contributed by atoms with Crippen LogP contribution in [0.2, 0.25) is 0 Å². The quantitative estimate of drug-likeness (QED) is 0.651. The molecule has 2 N–H and O–H groups in total. The Balaban J connectivity index is 2.02. The van der Waals surface area contributed by atoms with Gasteiger partial charge in [-0.3, -0.25) is 19.7 Å². The van der Waals surface area contributed by atoms with Crippen molar-refractivity contribution in [3.8, 4) is 0 Å². The van der Waals surface area contributed by atoms with Crippen LogP contribution in [-0.4, -0.2) is 23.3 Å². The van der Waals surface area contributed by atoms with E-state index in [1.54, 1.807) is 0 Å². The summed E-state index contributed by atoms with van der Waals surface area (Å²) in [7, 11) is 0. The van der Waals surface area contributed by atoms with Crippen LogP contribution in [0, 0.1) is 24.0 Å². The monoisotopic (exact) mass is 327 g/mol. The van der Waals surface area contributed by atoms with Crippen molar-refractivity contribution in [3.63, 3.8) is 0 Å². The number of hydrogen-bond donors (Lipinski definition) is 2. The van der Waals surface area contributed by atoms with Gasteiger partial charge in [-0.05, 0) is 31.0 Å². The smallest absolute Gasteiger partial charge is 0.282 e. The molecule has 0 spiro atoms. The molecule has 7 heteroatoms. The number of para-hydroxylation sites is 2. The van der Waals surface area contributed by atoms with Gasteiger partial charge in [0.2, 0.25) is 5.91 Å². The van der Waals surface area contributed by atoms with Gasteiger partial charge in [-0.25, -0.2) is 0 Å². The molecule has 0 saturated carbocycles. The van der Waals surface area contributed by atoms with Crippen molar-refractivity contribution < 1.29 is 14.5 Å². The first kappa shape index (κ1) is 17.1. The van der Waals surface area contributed by atoms with Crippen LogP contribution in [0.15, 0.2) is 42.5 Å². The first-order valence-corrected chi connectivity index (χ1v) is 7.28. The first-order valence-electron chi connectivity index (χ1n) is 7.28. The van der Waals surface area contributed by atoms with Crippen molar-refractivity contribution in [2.45, 2.75) is 13.8 Å². The molecule has 0 saturated heterocycles. The maximum Gasteiger partial charge on any atom is 0.282 e. The Kier molecular flexibility index (Phi) is 5.26. The highest BCUT2D eigenvalue weighted by Crippen LogP contribution is 2.19. The molecule has 7 nitrogen and oxygen atoms in total. The number of rotatable bonds is 5. The van der Waals surface area contributed by atoms with Gasteiger partial charge in [-0.15, -0.1) is 0 Å². The predicted octanol–water partition coefficient (Wildman–Crippen LogP) is 2.58. The Morgan fingerprint density at radius 3 is 2.29 bits per heavy atom. The van der Waals surface area contributed by atoms with Gasteiger partial charge >= 0.3 is 0 Å². The second-order valence-corrected chi connectivity index (χ2v) is 5.27. The van der Waals surface area contributed by atoms with E-state index in [1.165, 1.54) is 24.3 Å². The number of anilines is 1. The molecule has 2 aromatic rings. The molecule has 2 aromatic carbocycles. The number of aryl methyl sites for hydroxylation is 2. The molecule has 0 aromatic heterocycles. The SMILES string of the molecule is Cc1cccc(C)c1NC(=O)CNC(=O)c1ccccc1[N+](=O)[O-]. The number of nitro groups is 1. The van der Waals surface area contributed by atoms with Crippen LogP contribution in [0.4, 0.5) is 11.4 Å². The summed E-state index contributed by atoms with van der Waals surface area (Å²) in [5.41, 5.74) is 2.14. The Hall–Kier alpha value is -3.22. The van der Waals surface area contributed by atoms with E-state index in [1.807, 2.05) is 32.0 Å². The predicted molar refractivity (Wildman–Crippen MR) is 90.0 cm³/mol. The summed E-state index contributed by atoms with van der Waals surface area (Å²) >= 11 is 0. The number of nitro benzene ring substituents is 1. The molecule has 0 atom stereocenters. The van der Waals surface area contributed by atoms with Crippen LogP contribution < -0.4 is 10.6 Å². The molecule has 0 aliphatic carbocycles. The van der Waals surface area contributed by atoms with Gasteiger partial charge in [-0.2, -0.15) is 0 Å². The number of benzene rings is 2. The van der Waals surface area contributed by atoms with Crippen molar-refractivity contribution in [1.82, 2.24) is 5.32 Å². The van der Waals surface area contributed by atoms with Gasteiger partial charge in [0.15, 0.2) is 0 Å². The van der Waals surface area contributed by atoms with Crippen LogP contribution in [0.5, 0.6) is 0 Å². The first-order chi connectivity index (χ1) is 11.4. The Labute approximate surface area is 138 Å². The standard InChI is InChI=1S/C17H17N3O4/c1-11-6-5-7-12(2)16(11)19-15(21)10-18-17(22)13-8-3-4-9-14(13)20(23)24/h3-9H,10H2,1-2H3,(H,18,22)(H,19,21). The third-order valence-electron chi connectivity index (χ3n) is 3.50. The Morgan fingerprint density at radius 1 is 1.04 bits per heavy atom. The van der Waals surface area contributed by atoms with Crippen molar-refractivity contribution >= 4 is 23.2 Å². The fourth-order valence-corrected chi connectivity index (χ4v) is 2.28. The number of hydrogen-bond acceptors (Lipinski definition) is 4. The Morgan fingerprint density at radius 2 is 1.67 bits per heavy atom. The maximum atomic E-state index is 12.1. The fraction of sp³-hybridized carbons (Fsp3) is 0.176. The number of carbonyl (C=O) groups is 2. The molecular formula is C17H17N3O4. The molecule has 0 fully saturated rings. The minimum Gasteiger partial charge on any atom is -0.343 e. The lowest BCUT2D eigenvalue weighted by Crippen LogP contribution is -2.33. The zero-order chi connectivity index (χ0) is 17.7. The third-order valence-corrected chi connectivity index (χ3v) is 3.50. The topological polar surface area (TPSA) is 101 Å². The molecule has 124 valence electrons.